The van der Waals surface area contributed by atoms with Gasteiger partial charge in [-0.25, -0.2) is 5.84 Å². The molecule has 0 spiro atoms. The summed E-state index contributed by atoms with van der Waals surface area (Å²) in [6, 6.07) is 9.69. The van der Waals surface area contributed by atoms with Gasteiger partial charge in [0.15, 0.2) is 11.5 Å². The highest BCUT2D eigenvalue weighted by Gasteiger charge is 2.12. The van der Waals surface area contributed by atoms with Gasteiger partial charge >= 0.3 is 0 Å². The summed E-state index contributed by atoms with van der Waals surface area (Å²) in [5.41, 5.74) is 4.44. The smallest absolute Gasteiger partial charge is 0.287 e. The van der Waals surface area contributed by atoms with Gasteiger partial charge in [-0.3, -0.25) is 10.2 Å². The third kappa shape index (κ3) is 3.11. The minimum Gasteiger partial charge on any atom is -0.367 e. The normalized spacial score (nSPS) is 10.3. The lowest BCUT2D eigenvalue weighted by atomic mass is 10.2. The molecule has 1 amide bonds. The third-order valence-corrected chi connectivity index (χ3v) is 2.76. The van der Waals surface area contributed by atoms with Crippen molar-refractivity contribution in [1.82, 2.24) is 10.6 Å². The first-order valence-corrected chi connectivity index (χ1v) is 5.84. The monoisotopic (exact) mass is 260 g/mol. The van der Waals surface area contributed by atoms with Crippen LogP contribution < -0.4 is 16.2 Å². The Morgan fingerprint density at radius 1 is 1.47 bits per heavy atom. The summed E-state index contributed by atoms with van der Waals surface area (Å²) >= 11 is 0. The predicted molar refractivity (Wildman–Crippen MR) is 71.4 cm³/mol. The molecule has 0 atom stereocenters. The third-order valence-electron chi connectivity index (χ3n) is 2.76. The molecule has 0 aliphatic rings. The van der Waals surface area contributed by atoms with Gasteiger partial charge in [-0.2, -0.15) is 0 Å². The molecule has 1 aromatic heterocycles. The summed E-state index contributed by atoms with van der Waals surface area (Å²) in [4.78, 5) is 13.3. The van der Waals surface area contributed by atoms with Crippen LogP contribution in [0, 0.1) is 6.92 Å². The maximum Gasteiger partial charge on any atom is 0.287 e. The topological polar surface area (TPSA) is 84.4 Å². The first-order valence-electron chi connectivity index (χ1n) is 5.84. The van der Waals surface area contributed by atoms with Crippen molar-refractivity contribution in [3.05, 3.63) is 47.3 Å². The Balaban J connectivity index is 2.08. The van der Waals surface area contributed by atoms with E-state index in [1.165, 1.54) is 5.56 Å². The van der Waals surface area contributed by atoms with Crippen LogP contribution in [0.5, 0.6) is 0 Å². The number of rotatable bonds is 4. The van der Waals surface area contributed by atoms with E-state index in [9.17, 15) is 4.79 Å². The Kier molecular flexibility index (Phi) is 3.82. The molecule has 0 radical (unpaired) electrons. The fourth-order valence-corrected chi connectivity index (χ4v) is 1.76. The van der Waals surface area contributed by atoms with Crippen molar-refractivity contribution in [3.63, 3.8) is 0 Å². The van der Waals surface area contributed by atoms with Crippen LogP contribution in [0.4, 0.5) is 5.69 Å². The molecule has 19 heavy (non-hydrogen) atoms. The highest BCUT2D eigenvalue weighted by molar-refractivity contribution is 5.91. The predicted octanol–water partition coefficient (Wildman–Crippen LogP) is 1.22. The van der Waals surface area contributed by atoms with Crippen molar-refractivity contribution in [3.8, 4) is 0 Å². The molecule has 100 valence electrons. The number of hydrazine groups is 1. The van der Waals surface area contributed by atoms with Gasteiger partial charge in [0.1, 0.15) is 0 Å². The minimum atomic E-state index is -0.465. The van der Waals surface area contributed by atoms with Gasteiger partial charge in [0, 0.05) is 18.8 Å². The van der Waals surface area contributed by atoms with Crippen LogP contribution in [0.3, 0.4) is 0 Å². The minimum absolute atomic E-state index is 0.176. The summed E-state index contributed by atoms with van der Waals surface area (Å²) in [6.07, 6.45) is 0. The molecule has 3 N–H and O–H groups in total. The van der Waals surface area contributed by atoms with Crippen LogP contribution in [-0.4, -0.2) is 18.1 Å². The van der Waals surface area contributed by atoms with Gasteiger partial charge < -0.3 is 9.42 Å². The van der Waals surface area contributed by atoms with Gasteiger partial charge in [0.05, 0.1) is 6.54 Å². The van der Waals surface area contributed by atoms with Crippen LogP contribution >= 0.6 is 0 Å². The van der Waals surface area contributed by atoms with Crippen molar-refractivity contribution >= 4 is 11.6 Å². The molecule has 2 rings (SSSR count). The Bertz CT molecular complexity index is 580. The van der Waals surface area contributed by atoms with Crippen LogP contribution in [0.2, 0.25) is 0 Å². The van der Waals surface area contributed by atoms with Crippen molar-refractivity contribution in [2.75, 3.05) is 11.9 Å². The highest BCUT2D eigenvalue weighted by Crippen LogP contribution is 2.17. The quantitative estimate of drug-likeness (QED) is 0.490. The number of nitrogens with two attached hydrogens (primary N) is 1. The average Bonchev–Trinajstić information content (AvgIpc) is 2.86. The fraction of sp³-hybridized carbons (Fsp3) is 0.231. The number of carbonyl (C=O) groups excluding carboxylic acids is 1. The SMILES string of the molecule is Cc1cccc(N(C)Cc2cc(C(=O)NN)no2)c1. The largest absolute Gasteiger partial charge is 0.367 e. The van der Waals surface area contributed by atoms with E-state index in [0.29, 0.717) is 12.3 Å². The molecule has 0 saturated carbocycles. The molecule has 6 nitrogen and oxygen atoms in total. The van der Waals surface area contributed by atoms with E-state index in [1.54, 1.807) is 6.07 Å². The molecule has 2 aromatic rings. The number of amides is 1. The summed E-state index contributed by atoms with van der Waals surface area (Å²) in [5.74, 6) is 5.17. The lowest BCUT2D eigenvalue weighted by molar-refractivity contribution is 0.0944. The van der Waals surface area contributed by atoms with Crippen LogP contribution in [0.15, 0.2) is 34.9 Å². The van der Waals surface area contributed by atoms with Crippen molar-refractivity contribution in [1.29, 1.82) is 0 Å². The summed E-state index contributed by atoms with van der Waals surface area (Å²) in [7, 11) is 1.94. The molecule has 0 saturated heterocycles. The number of nitrogens with zero attached hydrogens (tertiary/aromatic N) is 2. The zero-order valence-electron chi connectivity index (χ0n) is 10.9. The molecule has 0 bridgehead atoms. The van der Waals surface area contributed by atoms with E-state index in [-0.39, 0.29) is 5.69 Å². The lowest BCUT2D eigenvalue weighted by Crippen LogP contribution is -2.30. The van der Waals surface area contributed by atoms with Gasteiger partial charge in [0.25, 0.3) is 5.91 Å². The molecular formula is C13H16N4O2. The van der Waals surface area contributed by atoms with Gasteiger partial charge in [-0.1, -0.05) is 17.3 Å². The van der Waals surface area contributed by atoms with Crippen LogP contribution in [0.1, 0.15) is 21.8 Å². The molecule has 1 heterocycles. The van der Waals surface area contributed by atoms with E-state index >= 15 is 0 Å². The Hall–Kier alpha value is -2.34. The maximum absolute atomic E-state index is 11.3. The molecule has 0 unspecified atom stereocenters. The number of hydrogen-bond donors (Lipinski definition) is 2. The van der Waals surface area contributed by atoms with Gasteiger partial charge in [-0.15, -0.1) is 0 Å². The van der Waals surface area contributed by atoms with E-state index in [2.05, 4.69) is 11.2 Å². The van der Waals surface area contributed by atoms with Gasteiger partial charge in [0.2, 0.25) is 0 Å². The van der Waals surface area contributed by atoms with Crippen LogP contribution in [-0.2, 0) is 6.54 Å². The number of aromatic nitrogens is 1. The van der Waals surface area contributed by atoms with Crippen molar-refractivity contribution in [2.24, 2.45) is 5.84 Å². The Labute approximate surface area is 111 Å². The van der Waals surface area contributed by atoms with E-state index < -0.39 is 5.91 Å². The van der Waals surface area contributed by atoms with E-state index in [0.717, 1.165) is 5.69 Å². The maximum atomic E-state index is 11.3. The summed E-state index contributed by atoms with van der Waals surface area (Å²) < 4.78 is 5.10. The molecular weight excluding hydrogens is 244 g/mol. The summed E-state index contributed by atoms with van der Waals surface area (Å²) in [5, 5.41) is 3.66. The molecule has 0 aliphatic heterocycles. The second-order valence-electron chi connectivity index (χ2n) is 4.35. The number of aryl methyl sites for hydroxylation is 1. The zero-order valence-corrected chi connectivity index (χ0v) is 10.9. The van der Waals surface area contributed by atoms with Crippen molar-refractivity contribution < 1.29 is 9.32 Å². The van der Waals surface area contributed by atoms with Crippen LogP contribution in [0.25, 0.3) is 0 Å². The molecule has 0 aliphatic carbocycles. The second kappa shape index (κ2) is 5.53. The second-order valence-corrected chi connectivity index (χ2v) is 4.35. The summed E-state index contributed by atoms with van der Waals surface area (Å²) in [6.45, 7) is 2.56. The molecule has 6 heteroatoms. The fourth-order valence-electron chi connectivity index (χ4n) is 1.76. The number of hydrogen-bond acceptors (Lipinski definition) is 5. The first-order chi connectivity index (χ1) is 9.10. The van der Waals surface area contributed by atoms with E-state index in [4.69, 9.17) is 10.4 Å². The average molecular weight is 260 g/mol. The standard InChI is InChI=1S/C13H16N4O2/c1-9-4-3-5-10(6-9)17(2)8-11-7-12(16-19-11)13(18)15-14/h3-7H,8,14H2,1-2H3,(H,15,18). The zero-order chi connectivity index (χ0) is 13.8. The first kappa shape index (κ1) is 13.1. The van der Waals surface area contributed by atoms with E-state index in [1.807, 2.05) is 42.5 Å². The Morgan fingerprint density at radius 3 is 2.95 bits per heavy atom. The number of nitrogen functional groups attached to an aromatic ring is 1. The Morgan fingerprint density at radius 2 is 2.26 bits per heavy atom. The lowest BCUT2D eigenvalue weighted by Gasteiger charge is -2.17. The number of anilines is 1. The number of carbonyl (C=O) groups is 1. The molecule has 0 fully saturated rings. The molecule has 1 aromatic carbocycles. The van der Waals surface area contributed by atoms with Gasteiger partial charge in [-0.05, 0) is 24.6 Å². The number of benzene rings is 1. The highest BCUT2D eigenvalue weighted by atomic mass is 16.5. The number of nitrogens with one attached hydrogen (secondary N) is 1. The van der Waals surface area contributed by atoms with Crippen molar-refractivity contribution in [2.45, 2.75) is 13.5 Å².